The Morgan fingerprint density at radius 2 is 2.00 bits per heavy atom. The minimum Gasteiger partial charge on any atom is -0.355 e. The second kappa shape index (κ2) is 10.4. The minimum absolute atomic E-state index is 0. The molecule has 0 bridgehead atoms. The van der Waals surface area contributed by atoms with Gasteiger partial charge in [0.1, 0.15) is 0 Å². The maximum Gasteiger partial charge on any atom is 0.224 e. The van der Waals surface area contributed by atoms with Gasteiger partial charge >= 0.3 is 0 Å². The van der Waals surface area contributed by atoms with E-state index in [2.05, 4.69) is 41.8 Å². The van der Waals surface area contributed by atoms with Gasteiger partial charge in [-0.1, -0.05) is 27.7 Å². The van der Waals surface area contributed by atoms with Crippen molar-refractivity contribution in [3.8, 4) is 0 Å². The van der Waals surface area contributed by atoms with Crippen molar-refractivity contribution >= 4 is 42.1 Å². The second-order valence-electron chi connectivity index (χ2n) is 5.88. The molecule has 0 saturated carbocycles. The Hall–Kier alpha value is -0.360. The van der Waals surface area contributed by atoms with Gasteiger partial charge in [0.15, 0.2) is 0 Å². The van der Waals surface area contributed by atoms with Crippen LogP contribution in [-0.2, 0) is 16.6 Å². The largest absolute Gasteiger partial charge is 0.355 e. The molecule has 1 aromatic rings. The SMILES string of the molecule is CNCC(C)C(=O)NCCc1nc(C(C)(C)C)cs1.Cl.Cl. The second-order valence-corrected chi connectivity index (χ2v) is 6.82. The molecule has 4 nitrogen and oxygen atoms in total. The van der Waals surface area contributed by atoms with Crippen LogP contribution in [0.3, 0.4) is 0 Å². The molecule has 0 spiro atoms. The van der Waals surface area contributed by atoms with Gasteiger partial charge in [0, 0.05) is 36.2 Å². The van der Waals surface area contributed by atoms with E-state index in [0.29, 0.717) is 13.1 Å². The predicted octanol–water partition coefficient (Wildman–Crippen LogP) is 2.80. The summed E-state index contributed by atoms with van der Waals surface area (Å²) in [5.74, 6) is 0.105. The number of hydrogen-bond acceptors (Lipinski definition) is 4. The van der Waals surface area contributed by atoms with Crippen LogP contribution >= 0.6 is 36.2 Å². The number of amides is 1. The van der Waals surface area contributed by atoms with E-state index in [1.54, 1.807) is 11.3 Å². The van der Waals surface area contributed by atoms with Crippen molar-refractivity contribution in [1.29, 1.82) is 0 Å². The molecule has 7 heteroatoms. The first-order chi connectivity index (χ1) is 8.84. The molecule has 1 atom stereocenters. The van der Waals surface area contributed by atoms with E-state index < -0.39 is 0 Å². The highest BCUT2D eigenvalue weighted by Gasteiger charge is 2.17. The third kappa shape index (κ3) is 8.00. The molecule has 124 valence electrons. The summed E-state index contributed by atoms with van der Waals surface area (Å²) in [4.78, 5) is 16.3. The van der Waals surface area contributed by atoms with E-state index in [1.165, 1.54) is 0 Å². The zero-order valence-corrected chi connectivity index (χ0v) is 15.8. The van der Waals surface area contributed by atoms with Crippen molar-refractivity contribution in [1.82, 2.24) is 15.6 Å². The monoisotopic (exact) mass is 355 g/mol. The van der Waals surface area contributed by atoms with E-state index in [4.69, 9.17) is 0 Å². The van der Waals surface area contributed by atoms with Crippen molar-refractivity contribution in [3.63, 3.8) is 0 Å². The average molecular weight is 356 g/mol. The zero-order valence-electron chi connectivity index (χ0n) is 13.4. The van der Waals surface area contributed by atoms with E-state index in [-0.39, 0.29) is 42.1 Å². The summed E-state index contributed by atoms with van der Waals surface area (Å²) >= 11 is 1.67. The number of carbonyl (C=O) groups excluding carboxylic acids is 1. The normalized spacial score (nSPS) is 12.0. The Morgan fingerprint density at radius 3 is 2.48 bits per heavy atom. The lowest BCUT2D eigenvalue weighted by Gasteiger charge is -2.14. The maximum absolute atomic E-state index is 11.7. The van der Waals surface area contributed by atoms with Crippen LogP contribution in [-0.4, -0.2) is 31.0 Å². The lowest BCUT2D eigenvalue weighted by atomic mass is 9.93. The van der Waals surface area contributed by atoms with Crippen molar-refractivity contribution in [2.24, 2.45) is 5.92 Å². The number of halogens is 2. The first-order valence-electron chi connectivity index (χ1n) is 6.71. The Balaban J connectivity index is 0. The van der Waals surface area contributed by atoms with Crippen molar-refractivity contribution in [3.05, 3.63) is 16.1 Å². The third-order valence-electron chi connectivity index (χ3n) is 2.92. The van der Waals surface area contributed by atoms with Crippen LogP contribution in [0.2, 0.25) is 0 Å². The number of rotatable bonds is 6. The van der Waals surface area contributed by atoms with Gasteiger partial charge in [-0.15, -0.1) is 36.2 Å². The molecule has 1 rings (SSSR count). The van der Waals surface area contributed by atoms with Crippen LogP contribution < -0.4 is 10.6 Å². The minimum atomic E-state index is 0. The van der Waals surface area contributed by atoms with E-state index in [9.17, 15) is 4.79 Å². The number of thiazole rings is 1. The molecule has 0 radical (unpaired) electrons. The van der Waals surface area contributed by atoms with E-state index in [1.807, 2.05) is 14.0 Å². The summed E-state index contributed by atoms with van der Waals surface area (Å²) in [7, 11) is 1.85. The highest BCUT2D eigenvalue weighted by atomic mass is 35.5. The molecule has 0 saturated heterocycles. The Morgan fingerprint density at radius 1 is 1.38 bits per heavy atom. The molecule has 21 heavy (non-hydrogen) atoms. The van der Waals surface area contributed by atoms with Crippen LogP contribution in [0.4, 0.5) is 0 Å². The molecule has 0 fully saturated rings. The smallest absolute Gasteiger partial charge is 0.224 e. The molecular weight excluding hydrogens is 329 g/mol. The number of nitrogens with zero attached hydrogens (tertiary/aromatic N) is 1. The van der Waals surface area contributed by atoms with E-state index in [0.717, 1.165) is 17.1 Å². The molecule has 0 aliphatic rings. The summed E-state index contributed by atoms with van der Waals surface area (Å²) in [5.41, 5.74) is 1.22. The average Bonchev–Trinajstić information content (AvgIpc) is 2.77. The fourth-order valence-electron chi connectivity index (χ4n) is 1.64. The highest BCUT2D eigenvalue weighted by Crippen LogP contribution is 2.23. The summed E-state index contributed by atoms with van der Waals surface area (Å²) in [6.07, 6.45) is 0.804. The summed E-state index contributed by atoms with van der Waals surface area (Å²) in [5, 5.41) is 9.16. The van der Waals surface area contributed by atoms with Gasteiger partial charge in [0.05, 0.1) is 10.7 Å². The first kappa shape index (κ1) is 22.9. The van der Waals surface area contributed by atoms with Gasteiger partial charge in [0.25, 0.3) is 0 Å². The first-order valence-corrected chi connectivity index (χ1v) is 7.59. The molecule has 1 unspecified atom stereocenters. The Bertz CT molecular complexity index is 419. The number of carbonyl (C=O) groups is 1. The van der Waals surface area contributed by atoms with Gasteiger partial charge in [-0.3, -0.25) is 4.79 Å². The van der Waals surface area contributed by atoms with Crippen LogP contribution in [0.5, 0.6) is 0 Å². The molecule has 0 aliphatic carbocycles. The van der Waals surface area contributed by atoms with Crippen LogP contribution in [0.25, 0.3) is 0 Å². The van der Waals surface area contributed by atoms with Gasteiger partial charge in [-0.25, -0.2) is 4.98 Å². The van der Waals surface area contributed by atoms with Crippen LogP contribution in [0.1, 0.15) is 38.4 Å². The molecule has 1 heterocycles. The fraction of sp³-hybridized carbons (Fsp3) is 0.714. The molecule has 2 N–H and O–H groups in total. The van der Waals surface area contributed by atoms with Crippen LogP contribution in [0, 0.1) is 5.92 Å². The predicted molar refractivity (Wildman–Crippen MR) is 95.1 cm³/mol. The van der Waals surface area contributed by atoms with E-state index >= 15 is 0 Å². The number of aromatic nitrogens is 1. The Kier molecular flexibility index (Phi) is 11.3. The molecule has 1 aromatic heterocycles. The number of nitrogens with one attached hydrogen (secondary N) is 2. The summed E-state index contributed by atoms with van der Waals surface area (Å²) in [6.45, 7) is 9.77. The molecular formula is C14H27Cl2N3OS. The lowest BCUT2D eigenvalue weighted by molar-refractivity contribution is -0.124. The zero-order chi connectivity index (χ0) is 14.5. The van der Waals surface area contributed by atoms with Gasteiger partial charge in [0.2, 0.25) is 5.91 Å². The molecule has 0 aromatic carbocycles. The quantitative estimate of drug-likeness (QED) is 0.824. The topological polar surface area (TPSA) is 54.0 Å². The lowest BCUT2D eigenvalue weighted by Crippen LogP contribution is -2.35. The molecule has 1 amide bonds. The standard InChI is InChI=1S/C14H25N3OS.2ClH/c1-10(8-15-5)13(18)16-7-6-12-17-11(9-19-12)14(2,3)4;;/h9-10,15H,6-8H2,1-5H3,(H,16,18);2*1H. The fourth-order valence-corrected chi connectivity index (χ4v) is 2.66. The Labute approximate surface area is 144 Å². The van der Waals surface area contributed by atoms with Gasteiger partial charge in [-0.2, -0.15) is 0 Å². The summed E-state index contributed by atoms with van der Waals surface area (Å²) < 4.78 is 0. The van der Waals surface area contributed by atoms with Gasteiger partial charge < -0.3 is 10.6 Å². The highest BCUT2D eigenvalue weighted by molar-refractivity contribution is 7.09. The third-order valence-corrected chi connectivity index (χ3v) is 3.82. The van der Waals surface area contributed by atoms with Crippen molar-refractivity contribution in [2.45, 2.75) is 39.5 Å². The molecule has 0 aliphatic heterocycles. The number of hydrogen-bond donors (Lipinski definition) is 2. The van der Waals surface area contributed by atoms with Crippen molar-refractivity contribution < 1.29 is 4.79 Å². The maximum atomic E-state index is 11.7. The van der Waals surface area contributed by atoms with Gasteiger partial charge in [-0.05, 0) is 7.05 Å². The van der Waals surface area contributed by atoms with Crippen LogP contribution in [0.15, 0.2) is 5.38 Å². The summed E-state index contributed by atoms with van der Waals surface area (Å²) in [6, 6.07) is 0. The van der Waals surface area contributed by atoms with Crippen molar-refractivity contribution in [2.75, 3.05) is 20.1 Å².